The lowest BCUT2D eigenvalue weighted by atomic mass is 10.2. The minimum absolute atomic E-state index is 0. The van der Waals surface area contributed by atoms with Crippen LogP contribution in [0.3, 0.4) is 0 Å². The molecule has 20 heavy (non-hydrogen) atoms. The van der Waals surface area contributed by atoms with Gasteiger partial charge in [-0.2, -0.15) is 0 Å². The summed E-state index contributed by atoms with van der Waals surface area (Å²) in [6.07, 6.45) is 15.5. The van der Waals surface area contributed by atoms with Crippen LogP contribution in [0.5, 0.6) is 0 Å². The number of hydrogen-bond acceptors (Lipinski definition) is 1. The van der Waals surface area contributed by atoms with Gasteiger partial charge in [-0.15, -0.1) is 39.5 Å². The first kappa shape index (κ1) is 26.9. The molecule has 0 aromatic rings. The lowest BCUT2D eigenvalue weighted by Gasteiger charge is -1.90. The zero-order chi connectivity index (χ0) is 15.2. The molecule has 0 spiro atoms. The molecule has 0 aliphatic rings. The van der Waals surface area contributed by atoms with Gasteiger partial charge in [-0.25, -0.2) is 0 Å². The van der Waals surface area contributed by atoms with E-state index in [4.69, 9.17) is 0 Å². The third kappa shape index (κ3) is 55.1. The van der Waals surface area contributed by atoms with E-state index < -0.39 is 0 Å². The molecule has 0 bridgehead atoms. The normalized spacial score (nSPS) is 7.20. The monoisotopic (exact) mass is 277 g/mol. The van der Waals surface area contributed by atoms with Gasteiger partial charge in [0.1, 0.15) is 0 Å². The molecule has 1 heteroatoms. The first-order valence-electron chi connectivity index (χ1n) is 6.61. The molecule has 0 atom stereocenters. The maximum absolute atomic E-state index is 3.60. The van der Waals surface area contributed by atoms with Gasteiger partial charge in [0.05, 0.1) is 0 Å². The van der Waals surface area contributed by atoms with E-state index in [9.17, 15) is 0 Å². The predicted octanol–water partition coefficient (Wildman–Crippen LogP) is 5.86. The van der Waals surface area contributed by atoms with Crippen LogP contribution in [0.25, 0.3) is 0 Å². The van der Waals surface area contributed by atoms with E-state index in [2.05, 4.69) is 44.8 Å². The van der Waals surface area contributed by atoms with Gasteiger partial charge in [0.2, 0.25) is 0 Å². The van der Waals surface area contributed by atoms with E-state index in [1.165, 1.54) is 6.42 Å². The number of nitrogens with one attached hydrogen (secondary N) is 1. The Morgan fingerprint density at radius 1 is 0.600 bits per heavy atom. The van der Waals surface area contributed by atoms with Gasteiger partial charge < -0.3 is 5.32 Å². The first-order valence-corrected chi connectivity index (χ1v) is 6.61. The Kier molecular flexibility index (Phi) is 48.4. The third-order valence-corrected chi connectivity index (χ3v) is 1.73. The van der Waals surface area contributed by atoms with Gasteiger partial charge in [-0.05, 0) is 25.7 Å². The SMILES string of the molecule is C.C=CCC=C.C=CCCCC=C.C=CCNCC=C. The fourth-order valence-electron chi connectivity index (χ4n) is 0.812. The number of rotatable bonds is 10. The van der Waals surface area contributed by atoms with Crippen LogP contribution in [0.1, 0.15) is 33.1 Å². The predicted molar refractivity (Wildman–Crippen MR) is 99.3 cm³/mol. The molecule has 0 rings (SSSR count). The zero-order valence-electron chi connectivity index (χ0n) is 12.4. The summed E-state index contributed by atoms with van der Waals surface area (Å²) in [5.74, 6) is 0. The second kappa shape index (κ2) is 36.0. The van der Waals surface area contributed by atoms with Crippen molar-refractivity contribution in [3.05, 3.63) is 75.9 Å². The molecule has 0 unspecified atom stereocenters. The van der Waals surface area contributed by atoms with Gasteiger partial charge >= 0.3 is 0 Å². The Labute approximate surface area is 128 Å². The van der Waals surface area contributed by atoms with Crippen molar-refractivity contribution in [3.63, 3.8) is 0 Å². The molecule has 0 heterocycles. The molecule has 116 valence electrons. The van der Waals surface area contributed by atoms with E-state index in [1.54, 1.807) is 0 Å². The summed E-state index contributed by atoms with van der Waals surface area (Å²) in [4.78, 5) is 0. The second-order valence-corrected chi connectivity index (χ2v) is 3.56. The maximum Gasteiger partial charge on any atom is 0.0135 e. The quantitative estimate of drug-likeness (QED) is 0.389. The van der Waals surface area contributed by atoms with Crippen molar-refractivity contribution in [2.24, 2.45) is 0 Å². The Morgan fingerprint density at radius 3 is 1.20 bits per heavy atom. The fraction of sp³-hybridized carbons (Fsp3) is 0.368. The summed E-state index contributed by atoms with van der Waals surface area (Å²) >= 11 is 0. The summed E-state index contributed by atoms with van der Waals surface area (Å²) in [6.45, 7) is 23.0. The molecule has 0 aliphatic heterocycles. The average Bonchev–Trinajstić information content (AvgIpc) is 2.42. The maximum atomic E-state index is 3.60. The van der Waals surface area contributed by atoms with Gasteiger partial charge in [0, 0.05) is 13.1 Å². The molecule has 0 amide bonds. The molecule has 0 aromatic carbocycles. The van der Waals surface area contributed by atoms with Gasteiger partial charge in [0.15, 0.2) is 0 Å². The van der Waals surface area contributed by atoms with Crippen LogP contribution in [0.4, 0.5) is 0 Å². The molecule has 0 radical (unpaired) electrons. The van der Waals surface area contributed by atoms with Crippen molar-refractivity contribution in [1.29, 1.82) is 0 Å². The number of allylic oxidation sites excluding steroid dienone is 4. The Hall–Kier alpha value is -1.60. The zero-order valence-corrected chi connectivity index (χ0v) is 12.4. The summed E-state index contributed by atoms with van der Waals surface area (Å²) in [7, 11) is 0. The van der Waals surface area contributed by atoms with E-state index >= 15 is 0 Å². The lowest BCUT2D eigenvalue weighted by Crippen LogP contribution is -2.11. The van der Waals surface area contributed by atoms with Crippen LogP contribution in [0.2, 0.25) is 0 Å². The van der Waals surface area contributed by atoms with Crippen LogP contribution in [-0.2, 0) is 0 Å². The fourth-order valence-corrected chi connectivity index (χ4v) is 0.812. The van der Waals surface area contributed by atoms with E-state index in [0.29, 0.717) is 0 Å². The minimum Gasteiger partial charge on any atom is -0.310 e. The molecule has 0 saturated carbocycles. The topological polar surface area (TPSA) is 12.0 Å². The average molecular weight is 277 g/mol. The minimum atomic E-state index is 0. The highest BCUT2D eigenvalue weighted by atomic mass is 14.8. The Bertz CT molecular complexity index is 186. The first-order chi connectivity index (χ1) is 9.24. The summed E-state index contributed by atoms with van der Waals surface area (Å²) in [5, 5.41) is 3.05. The van der Waals surface area contributed by atoms with Crippen molar-refractivity contribution in [2.75, 3.05) is 13.1 Å². The molecule has 1 nitrogen and oxygen atoms in total. The number of unbranched alkanes of at least 4 members (excludes halogenated alkanes) is 2. The molecular weight excluding hydrogens is 242 g/mol. The third-order valence-electron chi connectivity index (χ3n) is 1.73. The highest BCUT2D eigenvalue weighted by Gasteiger charge is 1.74. The molecule has 0 saturated heterocycles. The summed E-state index contributed by atoms with van der Waals surface area (Å²) < 4.78 is 0. The van der Waals surface area contributed by atoms with Crippen molar-refractivity contribution < 1.29 is 0 Å². The Morgan fingerprint density at radius 2 is 1.00 bits per heavy atom. The van der Waals surface area contributed by atoms with Crippen LogP contribution in [0.15, 0.2) is 75.9 Å². The van der Waals surface area contributed by atoms with Gasteiger partial charge in [0.25, 0.3) is 0 Å². The molecule has 0 fully saturated rings. The van der Waals surface area contributed by atoms with Crippen LogP contribution < -0.4 is 5.32 Å². The Balaban J connectivity index is -0.0000000952. The second-order valence-electron chi connectivity index (χ2n) is 3.56. The molecular formula is C19H35N. The van der Waals surface area contributed by atoms with Gasteiger partial charge in [-0.3, -0.25) is 0 Å². The van der Waals surface area contributed by atoms with Crippen molar-refractivity contribution >= 4 is 0 Å². The largest absolute Gasteiger partial charge is 0.310 e. The van der Waals surface area contributed by atoms with E-state index in [1.807, 2.05) is 36.5 Å². The number of hydrogen-bond donors (Lipinski definition) is 1. The van der Waals surface area contributed by atoms with Crippen molar-refractivity contribution in [1.82, 2.24) is 5.32 Å². The van der Waals surface area contributed by atoms with Crippen molar-refractivity contribution in [2.45, 2.75) is 33.1 Å². The van der Waals surface area contributed by atoms with E-state index in [0.717, 1.165) is 32.4 Å². The molecule has 0 aliphatic carbocycles. The standard InChI is InChI=1S/C7H12.C6H11N.C5H8.CH4/c2*1-3-5-7-6-4-2;1-3-5-4-2;/h3-4H,1-2,5-7H2;3-4,7H,1-2,5-6H2;3-4H,1-2,5H2;1H4. The molecule has 0 aromatic heterocycles. The highest BCUT2D eigenvalue weighted by Crippen LogP contribution is 1.93. The van der Waals surface area contributed by atoms with Crippen LogP contribution in [0, 0.1) is 0 Å². The van der Waals surface area contributed by atoms with Crippen LogP contribution >= 0.6 is 0 Å². The van der Waals surface area contributed by atoms with E-state index in [-0.39, 0.29) is 7.43 Å². The summed E-state index contributed by atoms with van der Waals surface area (Å²) in [6, 6.07) is 0. The van der Waals surface area contributed by atoms with Crippen molar-refractivity contribution in [3.8, 4) is 0 Å². The lowest BCUT2D eigenvalue weighted by molar-refractivity contribution is 0.845. The highest BCUT2D eigenvalue weighted by molar-refractivity contribution is 4.79. The summed E-state index contributed by atoms with van der Waals surface area (Å²) in [5.41, 5.74) is 0. The molecule has 1 N–H and O–H groups in total. The van der Waals surface area contributed by atoms with Crippen LogP contribution in [-0.4, -0.2) is 13.1 Å². The smallest absolute Gasteiger partial charge is 0.0135 e. The van der Waals surface area contributed by atoms with Gasteiger partial charge in [-0.1, -0.05) is 43.9 Å².